The number of para-hydroxylation sites is 1. The molecule has 164 valence electrons. The van der Waals surface area contributed by atoms with Crippen LogP contribution in [0.15, 0.2) is 47.5 Å². The Bertz CT molecular complexity index is 1030. The molecule has 1 atom stereocenters. The Hall–Kier alpha value is -2.73. The van der Waals surface area contributed by atoms with E-state index >= 15 is 0 Å². The summed E-state index contributed by atoms with van der Waals surface area (Å²) in [7, 11) is 0. The molecule has 0 N–H and O–H groups in total. The van der Waals surface area contributed by atoms with E-state index in [1.807, 2.05) is 0 Å². The van der Waals surface area contributed by atoms with Gasteiger partial charge in [-0.1, -0.05) is 41.9 Å². The van der Waals surface area contributed by atoms with Gasteiger partial charge in [0.2, 0.25) is 0 Å². The van der Waals surface area contributed by atoms with E-state index < -0.39 is 36.2 Å². The maximum atomic E-state index is 14.0. The third-order valence-electron chi connectivity index (χ3n) is 5.25. The highest BCUT2D eigenvalue weighted by molar-refractivity contribution is 6.35. The molecular weight excluding hydrogens is 444 g/mol. The van der Waals surface area contributed by atoms with Crippen molar-refractivity contribution in [2.75, 3.05) is 11.4 Å². The van der Waals surface area contributed by atoms with Crippen LogP contribution in [0.25, 0.3) is 0 Å². The van der Waals surface area contributed by atoms with E-state index in [1.54, 1.807) is 32.0 Å². The topological polar surface area (TPSA) is 39.4 Å². The molecule has 1 aliphatic rings. The summed E-state index contributed by atoms with van der Waals surface area (Å²) in [6.45, 7) is 2.47. The van der Waals surface area contributed by atoms with E-state index in [0.29, 0.717) is 16.8 Å². The summed E-state index contributed by atoms with van der Waals surface area (Å²) >= 11 is 6.15. The van der Waals surface area contributed by atoms with Gasteiger partial charge in [-0.25, -0.2) is 4.99 Å². The van der Waals surface area contributed by atoms with E-state index in [4.69, 9.17) is 11.6 Å². The maximum Gasteiger partial charge on any atom is 0.424 e. The highest BCUT2D eigenvalue weighted by Gasteiger charge is 2.76. The quantitative estimate of drug-likeness (QED) is 0.500. The number of aliphatic imine (C=N–C) groups is 1. The van der Waals surface area contributed by atoms with Crippen molar-refractivity contribution in [2.45, 2.75) is 31.7 Å². The molecule has 2 aromatic carbocycles. The largest absolute Gasteiger partial charge is 0.424 e. The monoisotopic (exact) mass is 459 g/mol. The highest BCUT2D eigenvalue weighted by Crippen LogP contribution is 2.53. The lowest BCUT2D eigenvalue weighted by atomic mass is 9.80. The molecule has 0 saturated carbocycles. The molecule has 0 amide bonds. The van der Waals surface area contributed by atoms with Crippen molar-refractivity contribution in [1.82, 2.24) is 0 Å². The average molecular weight is 460 g/mol. The van der Waals surface area contributed by atoms with Gasteiger partial charge in [-0.3, -0.25) is 0 Å². The van der Waals surface area contributed by atoms with Crippen LogP contribution in [-0.2, 0) is 0 Å². The molecule has 0 saturated heterocycles. The molecule has 3 nitrogen and oxygen atoms in total. The van der Waals surface area contributed by atoms with Crippen molar-refractivity contribution in [3.05, 3.63) is 64.2 Å². The number of anilines is 1. The number of nitriles is 1. The number of benzene rings is 2. The Kier molecular flexibility index (Phi) is 5.74. The first-order chi connectivity index (χ1) is 14.3. The summed E-state index contributed by atoms with van der Waals surface area (Å²) in [5, 5.41) is 9.33. The number of nitrogens with zero attached hydrogens (tertiary/aromatic N) is 3. The lowest BCUT2D eigenvalue weighted by molar-refractivity contribution is -0.305. The first-order valence-corrected chi connectivity index (χ1v) is 9.44. The second kappa shape index (κ2) is 7.75. The molecule has 0 aromatic heterocycles. The average Bonchev–Trinajstić information content (AvgIpc) is 2.66. The summed E-state index contributed by atoms with van der Waals surface area (Å²) in [6.07, 6.45) is -11.7. The van der Waals surface area contributed by atoms with Gasteiger partial charge in [0.15, 0.2) is 0 Å². The molecule has 0 fully saturated rings. The van der Waals surface area contributed by atoms with E-state index in [0.717, 1.165) is 0 Å². The minimum absolute atomic E-state index is 0.0638. The van der Waals surface area contributed by atoms with Crippen molar-refractivity contribution in [3.63, 3.8) is 0 Å². The van der Waals surface area contributed by atoms with Crippen molar-refractivity contribution in [3.8, 4) is 6.07 Å². The van der Waals surface area contributed by atoms with Gasteiger partial charge in [0.25, 0.3) is 5.54 Å². The van der Waals surface area contributed by atoms with E-state index in [9.17, 15) is 31.6 Å². The number of rotatable bonds is 2. The summed E-state index contributed by atoms with van der Waals surface area (Å²) < 4.78 is 83.9. The molecule has 1 aliphatic heterocycles. The van der Waals surface area contributed by atoms with Gasteiger partial charge >= 0.3 is 12.4 Å². The highest BCUT2D eigenvalue weighted by atomic mass is 35.5. The van der Waals surface area contributed by atoms with Gasteiger partial charge < -0.3 is 4.90 Å². The second-order valence-electron chi connectivity index (χ2n) is 7.21. The SMILES string of the molecule is Cc1cccc(C)c1N1CC(C#N)C(C(F)(F)F)(C(F)(F)F)N=C1c1ccccc1Cl. The Morgan fingerprint density at radius 2 is 1.55 bits per heavy atom. The predicted octanol–water partition coefficient (Wildman–Crippen LogP) is 6.23. The Labute approximate surface area is 179 Å². The van der Waals surface area contributed by atoms with Crippen LogP contribution in [-0.4, -0.2) is 30.3 Å². The lowest BCUT2D eigenvalue weighted by Crippen LogP contribution is -2.66. The number of hydrogen-bond donors (Lipinski definition) is 0. The number of hydrogen-bond acceptors (Lipinski definition) is 3. The Morgan fingerprint density at radius 3 is 2.03 bits per heavy atom. The fourth-order valence-electron chi connectivity index (χ4n) is 3.80. The summed E-state index contributed by atoms with van der Waals surface area (Å²) in [5.74, 6) is -3.12. The zero-order valence-corrected chi connectivity index (χ0v) is 17.1. The van der Waals surface area contributed by atoms with Crippen LogP contribution in [0.5, 0.6) is 0 Å². The van der Waals surface area contributed by atoms with Crippen LogP contribution in [0.3, 0.4) is 0 Å². The third kappa shape index (κ3) is 3.63. The number of alkyl halides is 6. The van der Waals surface area contributed by atoms with Crippen molar-refractivity contribution >= 4 is 23.1 Å². The Morgan fingerprint density at radius 1 is 1.00 bits per heavy atom. The van der Waals surface area contributed by atoms with E-state index in [2.05, 4.69) is 4.99 Å². The van der Waals surface area contributed by atoms with Crippen molar-refractivity contribution in [1.29, 1.82) is 5.26 Å². The minimum Gasteiger partial charge on any atom is -0.324 e. The van der Waals surface area contributed by atoms with Gasteiger partial charge in [-0.15, -0.1) is 0 Å². The number of halogens is 7. The molecule has 0 spiro atoms. The first-order valence-electron chi connectivity index (χ1n) is 9.06. The van der Waals surface area contributed by atoms with E-state index in [-0.39, 0.29) is 10.6 Å². The fourth-order valence-corrected chi connectivity index (χ4v) is 4.02. The third-order valence-corrected chi connectivity index (χ3v) is 5.58. The number of aryl methyl sites for hydroxylation is 2. The molecule has 0 aliphatic carbocycles. The zero-order valence-electron chi connectivity index (χ0n) is 16.3. The predicted molar refractivity (Wildman–Crippen MR) is 105 cm³/mol. The second-order valence-corrected chi connectivity index (χ2v) is 7.62. The molecule has 1 heterocycles. The summed E-state index contributed by atoms with van der Waals surface area (Å²) in [4.78, 5) is 4.48. The van der Waals surface area contributed by atoms with Gasteiger partial charge in [-0.05, 0) is 37.1 Å². The van der Waals surface area contributed by atoms with Crippen LogP contribution in [0.1, 0.15) is 16.7 Å². The van der Waals surface area contributed by atoms with Gasteiger partial charge in [0.1, 0.15) is 11.8 Å². The molecule has 3 rings (SSSR count). The fraction of sp³-hybridized carbons (Fsp3) is 0.333. The molecule has 2 aromatic rings. The van der Waals surface area contributed by atoms with Crippen LogP contribution >= 0.6 is 11.6 Å². The molecule has 0 radical (unpaired) electrons. The number of amidine groups is 1. The first kappa shape index (κ1) is 22.9. The molecule has 1 unspecified atom stereocenters. The van der Waals surface area contributed by atoms with Gasteiger partial charge in [0, 0.05) is 17.8 Å². The normalized spacial score (nSPS) is 19.0. The summed E-state index contributed by atoms with van der Waals surface area (Å²) in [5.41, 5.74) is -3.11. The van der Waals surface area contributed by atoms with Crippen molar-refractivity contribution in [2.24, 2.45) is 10.9 Å². The summed E-state index contributed by atoms with van der Waals surface area (Å²) in [6, 6.07) is 11.8. The lowest BCUT2D eigenvalue weighted by Gasteiger charge is -2.45. The maximum absolute atomic E-state index is 14.0. The van der Waals surface area contributed by atoms with Crippen LogP contribution in [0.4, 0.5) is 32.0 Å². The molecule has 0 bridgehead atoms. The Balaban J connectivity index is 2.43. The van der Waals surface area contributed by atoms with E-state index in [1.165, 1.54) is 35.2 Å². The molecule has 31 heavy (non-hydrogen) atoms. The van der Waals surface area contributed by atoms with Gasteiger partial charge in [-0.2, -0.15) is 31.6 Å². The minimum atomic E-state index is -5.86. The molecular formula is C21H16ClF6N3. The van der Waals surface area contributed by atoms with Crippen LogP contribution in [0.2, 0.25) is 5.02 Å². The zero-order chi connectivity index (χ0) is 23.2. The van der Waals surface area contributed by atoms with Crippen molar-refractivity contribution < 1.29 is 26.3 Å². The standard InChI is InChI=1S/C21H16ClF6N3/c1-12-6-5-7-13(2)17(12)31-11-14(10-29)19(20(23,24)25,21(26,27)28)30-18(31)15-8-3-4-9-16(15)22/h3-9,14H,11H2,1-2H3. The smallest absolute Gasteiger partial charge is 0.324 e. The van der Waals surface area contributed by atoms with Gasteiger partial charge in [0.05, 0.1) is 11.1 Å². The molecule has 10 heteroatoms. The van der Waals surface area contributed by atoms with Crippen LogP contribution < -0.4 is 4.90 Å². The van der Waals surface area contributed by atoms with Crippen LogP contribution in [0, 0.1) is 31.1 Å².